The number of hydrogen-bond acceptors (Lipinski definition) is 2. The summed E-state index contributed by atoms with van der Waals surface area (Å²) in [5, 5.41) is 6.14. The number of nitrogens with one attached hydrogen (secondary N) is 2. The van der Waals surface area contributed by atoms with Gasteiger partial charge >= 0.3 is 0 Å². The van der Waals surface area contributed by atoms with E-state index in [0.29, 0.717) is 12.5 Å². The van der Waals surface area contributed by atoms with E-state index in [0.717, 1.165) is 23.4 Å². The van der Waals surface area contributed by atoms with Crippen LogP contribution < -0.4 is 15.5 Å². The van der Waals surface area contributed by atoms with E-state index in [9.17, 15) is 8.78 Å². The van der Waals surface area contributed by atoms with Crippen molar-refractivity contribution in [2.75, 3.05) is 26.0 Å². The van der Waals surface area contributed by atoms with Gasteiger partial charge in [-0.1, -0.05) is 12.1 Å². The third-order valence-electron chi connectivity index (χ3n) is 3.56. The summed E-state index contributed by atoms with van der Waals surface area (Å²) in [6.07, 6.45) is 0. The molecule has 0 heterocycles. The molecule has 0 amide bonds. The molecule has 0 aliphatic heterocycles. The molecule has 0 spiro atoms. The van der Waals surface area contributed by atoms with Crippen molar-refractivity contribution in [3.8, 4) is 0 Å². The van der Waals surface area contributed by atoms with E-state index in [-0.39, 0.29) is 12.1 Å². The van der Waals surface area contributed by atoms with E-state index >= 15 is 0 Å². The molecule has 6 heteroatoms. The summed E-state index contributed by atoms with van der Waals surface area (Å²) < 4.78 is 26.8. The molecule has 0 saturated heterocycles. The van der Waals surface area contributed by atoms with E-state index < -0.39 is 11.6 Å². The molecular formula is C18H22F2N4. The average Bonchev–Trinajstić information content (AvgIpc) is 2.58. The van der Waals surface area contributed by atoms with Gasteiger partial charge in [-0.25, -0.2) is 8.78 Å². The van der Waals surface area contributed by atoms with Gasteiger partial charge in [0.05, 0.1) is 0 Å². The number of halogens is 2. The second-order valence-corrected chi connectivity index (χ2v) is 5.58. The third kappa shape index (κ3) is 4.94. The summed E-state index contributed by atoms with van der Waals surface area (Å²) in [5.41, 5.74) is 2.47. The monoisotopic (exact) mass is 332 g/mol. The van der Waals surface area contributed by atoms with Crippen LogP contribution in [0.4, 0.5) is 14.5 Å². The zero-order valence-corrected chi connectivity index (χ0v) is 14.1. The molecule has 4 nitrogen and oxygen atoms in total. The maximum atomic E-state index is 13.6. The second kappa shape index (κ2) is 8.29. The lowest BCUT2D eigenvalue weighted by molar-refractivity contribution is 0.581. The highest BCUT2D eigenvalue weighted by Gasteiger charge is 2.05. The van der Waals surface area contributed by atoms with Crippen LogP contribution in [-0.4, -0.2) is 27.1 Å². The van der Waals surface area contributed by atoms with Crippen LogP contribution in [0.15, 0.2) is 47.5 Å². The predicted molar refractivity (Wildman–Crippen MR) is 94.2 cm³/mol. The summed E-state index contributed by atoms with van der Waals surface area (Å²) in [5.74, 6) is -0.386. The van der Waals surface area contributed by atoms with Gasteiger partial charge in [-0.3, -0.25) is 4.99 Å². The van der Waals surface area contributed by atoms with Gasteiger partial charge in [0.15, 0.2) is 5.96 Å². The first-order valence-corrected chi connectivity index (χ1v) is 7.64. The van der Waals surface area contributed by atoms with Crippen molar-refractivity contribution in [3.63, 3.8) is 0 Å². The van der Waals surface area contributed by atoms with Gasteiger partial charge in [-0.2, -0.15) is 0 Å². The Morgan fingerprint density at radius 3 is 2.50 bits per heavy atom. The maximum Gasteiger partial charge on any atom is 0.191 e. The zero-order valence-electron chi connectivity index (χ0n) is 14.1. The Morgan fingerprint density at radius 2 is 1.79 bits per heavy atom. The standard InChI is InChI=1S/C18H22F2N4/c1-21-18(23-12-14-10-15(19)7-8-17(14)20)22-11-13-5-4-6-16(9-13)24(2)3/h4-10H,11-12H2,1-3H3,(H2,21,22,23). The first-order chi connectivity index (χ1) is 11.5. The number of hydrogen-bond donors (Lipinski definition) is 2. The lowest BCUT2D eigenvalue weighted by atomic mass is 10.2. The van der Waals surface area contributed by atoms with Crippen molar-refractivity contribution >= 4 is 11.6 Å². The SMILES string of the molecule is CN=C(NCc1cccc(N(C)C)c1)NCc1cc(F)ccc1F. The first-order valence-electron chi connectivity index (χ1n) is 7.64. The number of benzene rings is 2. The second-order valence-electron chi connectivity index (χ2n) is 5.58. The fourth-order valence-electron chi connectivity index (χ4n) is 2.21. The molecule has 0 bridgehead atoms. The highest BCUT2D eigenvalue weighted by molar-refractivity contribution is 5.79. The molecule has 0 fully saturated rings. The van der Waals surface area contributed by atoms with Gasteiger partial charge in [-0.05, 0) is 35.9 Å². The van der Waals surface area contributed by atoms with Crippen molar-refractivity contribution < 1.29 is 8.78 Å². The molecule has 0 atom stereocenters. The van der Waals surface area contributed by atoms with E-state index in [1.54, 1.807) is 7.05 Å². The normalized spacial score (nSPS) is 11.3. The minimum absolute atomic E-state index is 0.154. The molecule has 2 rings (SSSR count). The molecule has 128 valence electrons. The first kappa shape index (κ1) is 17.7. The maximum absolute atomic E-state index is 13.6. The summed E-state index contributed by atoms with van der Waals surface area (Å²) in [4.78, 5) is 6.13. The fraction of sp³-hybridized carbons (Fsp3) is 0.278. The van der Waals surface area contributed by atoms with E-state index in [4.69, 9.17) is 0 Å². The van der Waals surface area contributed by atoms with E-state index in [1.807, 2.05) is 37.2 Å². The van der Waals surface area contributed by atoms with Crippen LogP contribution in [0.25, 0.3) is 0 Å². The van der Waals surface area contributed by atoms with Crippen LogP contribution in [0.3, 0.4) is 0 Å². The van der Waals surface area contributed by atoms with E-state index in [2.05, 4.69) is 21.7 Å². The van der Waals surface area contributed by atoms with Gasteiger partial charge in [0.25, 0.3) is 0 Å². The minimum Gasteiger partial charge on any atom is -0.378 e. The lowest BCUT2D eigenvalue weighted by Crippen LogP contribution is -2.36. The average molecular weight is 332 g/mol. The molecule has 2 aromatic rings. The number of nitrogens with zero attached hydrogens (tertiary/aromatic N) is 2. The Morgan fingerprint density at radius 1 is 1.04 bits per heavy atom. The summed E-state index contributed by atoms with van der Waals surface area (Å²) in [6, 6.07) is 11.5. The van der Waals surface area contributed by atoms with Crippen LogP contribution in [0.1, 0.15) is 11.1 Å². The topological polar surface area (TPSA) is 39.7 Å². The lowest BCUT2D eigenvalue weighted by Gasteiger charge is -2.15. The van der Waals surface area contributed by atoms with Gasteiger partial charge in [0.2, 0.25) is 0 Å². The van der Waals surface area contributed by atoms with Crippen molar-refractivity contribution in [1.29, 1.82) is 0 Å². The van der Waals surface area contributed by atoms with Gasteiger partial charge in [0, 0.05) is 45.5 Å². The highest BCUT2D eigenvalue weighted by atomic mass is 19.1. The molecule has 0 saturated carbocycles. The molecule has 2 aromatic carbocycles. The zero-order chi connectivity index (χ0) is 17.5. The Labute approximate surface area is 141 Å². The van der Waals surface area contributed by atoms with E-state index in [1.165, 1.54) is 6.07 Å². The van der Waals surface area contributed by atoms with Crippen molar-refractivity contribution in [3.05, 3.63) is 65.2 Å². The predicted octanol–water partition coefficient (Wildman–Crippen LogP) is 2.90. The summed E-state index contributed by atoms with van der Waals surface area (Å²) in [6.45, 7) is 0.730. The summed E-state index contributed by atoms with van der Waals surface area (Å²) in [7, 11) is 5.61. The van der Waals surface area contributed by atoms with Crippen molar-refractivity contribution in [2.24, 2.45) is 4.99 Å². The molecule has 0 aliphatic rings. The van der Waals surface area contributed by atoms with Crippen LogP contribution in [0, 0.1) is 11.6 Å². The van der Waals surface area contributed by atoms with Gasteiger partial charge < -0.3 is 15.5 Å². The molecule has 0 radical (unpaired) electrons. The van der Waals surface area contributed by atoms with Crippen molar-refractivity contribution in [1.82, 2.24) is 10.6 Å². The molecule has 2 N–H and O–H groups in total. The number of guanidine groups is 1. The van der Waals surface area contributed by atoms with Gasteiger partial charge in [-0.15, -0.1) is 0 Å². The Kier molecular flexibility index (Phi) is 6.12. The summed E-state index contributed by atoms with van der Waals surface area (Å²) >= 11 is 0. The smallest absolute Gasteiger partial charge is 0.191 e. The van der Waals surface area contributed by atoms with Crippen LogP contribution >= 0.6 is 0 Å². The quantitative estimate of drug-likeness (QED) is 0.653. The van der Waals surface area contributed by atoms with Crippen molar-refractivity contribution in [2.45, 2.75) is 13.1 Å². The van der Waals surface area contributed by atoms with Crippen LogP contribution in [0.2, 0.25) is 0 Å². The Bertz CT molecular complexity index is 714. The van der Waals surface area contributed by atoms with Crippen LogP contribution in [0.5, 0.6) is 0 Å². The van der Waals surface area contributed by atoms with Gasteiger partial charge in [0.1, 0.15) is 11.6 Å². The Hall–Kier alpha value is -2.63. The number of rotatable bonds is 5. The minimum atomic E-state index is -0.461. The largest absolute Gasteiger partial charge is 0.378 e. The highest BCUT2D eigenvalue weighted by Crippen LogP contribution is 2.13. The van der Waals surface area contributed by atoms with Crippen LogP contribution in [-0.2, 0) is 13.1 Å². The fourth-order valence-corrected chi connectivity index (χ4v) is 2.21. The molecule has 0 aromatic heterocycles. The number of anilines is 1. The molecule has 0 aliphatic carbocycles. The third-order valence-corrected chi connectivity index (χ3v) is 3.56. The molecule has 0 unspecified atom stereocenters. The Balaban J connectivity index is 1.93. The molecule has 24 heavy (non-hydrogen) atoms. The number of aliphatic imine (C=N–C) groups is 1. The molecular weight excluding hydrogens is 310 g/mol.